The summed E-state index contributed by atoms with van der Waals surface area (Å²) in [5.41, 5.74) is 6.29. The molecule has 0 radical (unpaired) electrons. The smallest absolute Gasteiger partial charge is 0.105 e. The molecule has 1 aromatic rings. The molecule has 4 heteroatoms. The van der Waals surface area contributed by atoms with Crippen LogP contribution in [0, 0.1) is 0 Å². The standard InChI is InChI=1S/C9H13N3O/c10-8-5-11-3-1-7(8)9(13)2-4-12-6-9/h1,3,5,12-13H,2,4,6,10H2. The van der Waals surface area contributed by atoms with E-state index >= 15 is 0 Å². The van der Waals surface area contributed by atoms with Gasteiger partial charge in [-0.2, -0.15) is 0 Å². The number of aromatic nitrogens is 1. The lowest BCUT2D eigenvalue weighted by atomic mass is 9.93. The van der Waals surface area contributed by atoms with Crippen molar-refractivity contribution in [3.8, 4) is 0 Å². The van der Waals surface area contributed by atoms with Crippen molar-refractivity contribution in [3.63, 3.8) is 0 Å². The Bertz CT molecular complexity index is 307. The van der Waals surface area contributed by atoms with Crippen LogP contribution in [0.3, 0.4) is 0 Å². The lowest BCUT2D eigenvalue weighted by Crippen LogP contribution is -2.29. The van der Waals surface area contributed by atoms with Crippen molar-refractivity contribution in [1.29, 1.82) is 0 Å². The summed E-state index contributed by atoms with van der Waals surface area (Å²) in [5.74, 6) is 0. The van der Waals surface area contributed by atoms with Crippen LogP contribution in [0.2, 0.25) is 0 Å². The number of β-amino-alcohol motifs (C(OH)–C–C–N with tert-alkyl or cyclic N) is 1. The highest BCUT2D eigenvalue weighted by Crippen LogP contribution is 2.30. The van der Waals surface area contributed by atoms with Crippen LogP contribution >= 0.6 is 0 Å². The Kier molecular flexibility index (Phi) is 1.94. The van der Waals surface area contributed by atoms with Gasteiger partial charge in [0.2, 0.25) is 0 Å². The molecule has 4 N–H and O–H groups in total. The molecular weight excluding hydrogens is 166 g/mol. The summed E-state index contributed by atoms with van der Waals surface area (Å²) in [6, 6.07) is 1.78. The van der Waals surface area contributed by atoms with Crippen LogP contribution in [0.5, 0.6) is 0 Å². The van der Waals surface area contributed by atoms with Crippen molar-refractivity contribution < 1.29 is 5.11 Å². The lowest BCUT2D eigenvalue weighted by Gasteiger charge is -2.22. The van der Waals surface area contributed by atoms with Gasteiger partial charge in [-0.25, -0.2) is 0 Å². The maximum Gasteiger partial charge on any atom is 0.105 e. The molecule has 13 heavy (non-hydrogen) atoms. The Morgan fingerprint density at radius 3 is 3.08 bits per heavy atom. The molecule has 0 saturated carbocycles. The quantitative estimate of drug-likeness (QED) is 0.560. The summed E-state index contributed by atoms with van der Waals surface area (Å²) < 4.78 is 0. The van der Waals surface area contributed by atoms with Crippen molar-refractivity contribution in [1.82, 2.24) is 10.3 Å². The van der Waals surface area contributed by atoms with E-state index in [0.717, 1.165) is 12.1 Å². The lowest BCUT2D eigenvalue weighted by molar-refractivity contribution is 0.0594. The molecule has 1 aliphatic rings. The largest absolute Gasteiger partial charge is 0.397 e. The molecule has 0 amide bonds. The number of anilines is 1. The fourth-order valence-corrected chi connectivity index (χ4v) is 1.74. The van der Waals surface area contributed by atoms with Gasteiger partial charge in [0, 0.05) is 18.3 Å². The van der Waals surface area contributed by atoms with E-state index < -0.39 is 5.60 Å². The summed E-state index contributed by atoms with van der Waals surface area (Å²) in [6.07, 6.45) is 3.94. The Hall–Kier alpha value is -1.13. The molecule has 1 fully saturated rings. The van der Waals surface area contributed by atoms with Gasteiger partial charge in [0.15, 0.2) is 0 Å². The van der Waals surface area contributed by atoms with Gasteiger partial charge < -0.3 is 16.2 Å². The summed E-state index contributed by atoms with van der Waals surface area (Å²) in [6.45, 7) is 1.40. The van der Waals surface area contributed by atoms with E-state index in [4.69, 9.17) is 5.73 Å². The van der Waals surface area contributed by atoms with E-state index in [-0.39, 0.29) is 0 Å². The molecule has 2 rings (SSSR count). The van der Waals surface area contributed by atoms with Gasteiger partial charge in [-0.15, -0.1) is 0 Å². The maximum atomic E-state index is 10.2. The van der Waals surface area contributed by atoms with E-state index in [9.17, 15) is 5.11 Å². The molecule has 1 aromatic heterocycles. The van der Waals surface area contributed by atoms with Gasteiger partial charge in [-0.05, 0) is 19.0 Å². The number of aliphatic hydroxyl groups is 1. The molecule has 2 heterocycles. The third kappa shape index (κ3) is 1.38. The van der Waals surface area contributed by atoms with Crippen LogP contribution in [0.4, 0.5) is 5.69 Å². The first kappa shape index (κ1) is 8.47. The Labute approximate surface area is 76.8 Å². The number of hydrogen-bond donors (Lipinski definition) is 3. The first-order valence-electron chi connectivity index (χ1n) is 4.35. The van der Waals surface area contributed by atoms with Gasteiger partial charge >= 0.3 is 0 Å². The van der Waals surface area contributed by atoms with Crippen LogP contribution in [0.25, 0.3) is 0 Å². The van der Waals surface area contributed by atoms with Gasteiger partial charge in [-0.1, -0.05) is 0 Å². The van der Waals surface area contributed by atoms with Crippen LogP contribution in [0.15, 0.2) is 18.5 Å². The number of hydrogen-bond acceptors (Lipinski definition) is 4. The predicted octanol–water partition coefficient (Wildman–Crippen LogP) is -0.155. The summed E-state index contributed by atoms with van der Waals surface area (Å²) in [5, 5.41) is 13.3. The second-order valence-electron chi connectivity index (χ2n) is 3.42. The van der Waals surface area contributed by atoms with Crippen molar-refractivity contribution in [3.05, 3.63) is 24.0 Å². The first-order valence-corrected chi connectivity index (χ1v) is 4.35. The van der Waals surface area contributed by atoms with E-state index in [1.54, 1.807) is 18.5 Å². The number of nitrogen functional groups attached to an aromatic ring is 1. The Morgan fingerprint density at radius 1 is 1.62 bits per heavy atom. The zero-order valence-corrected chi connectivity index (χ0v) is 7.33. The minimum atomic E-state index is -0.799. The Morgan fingerprint density at radius 2 is 2.46 bits per heavy atom. The van der Waals surface area contributed by atoms with E-state index in [2.05, 4.69) is 10.3 Å². The van der Waals surface area contributed by atoms with Crippen molar-refractivity contribution in [2.75, 3.05) is 18.8 Å². The summed E-state index contributed by atoms with van der Waals surface area (Å²) in [7, 11) is 0. The minimum absolute atomic E-state index is 0.564. The highest BCUT2D eigenvalue weighted by Gasteiger charge is 2.34. The van der Waals surface area contributed by atoms with Crippen LogP contribution < -0.4 is 11.1 Å². The molecule has 1 atom stereocenters. The first-order chi connectivity index (χ1) is 6.22. The van der Waals surface area contributed by atoms with E-state index in [0.29, 0.717) is 18.7 Å². The molecule has 4 nitrogen and oxygen atoms in total. The summed E-state index contributed by atoms with van der Waals surface area (Å²) >= 11 is 0. The second-order valence-corrected chi connectivity index (χ2v) is 3.42. The molecule has 0 bridgehead atoms. The minimum Gasteiger partial charge on any atom is -0.397 e. The van der Waals surface area contributed by atoms with Gasteiger partial charge in [0.25, 0.3) is 0 Å². The maximum absolute atomic E-state index is 10.2. The van der Waals surface area contributed by atoms with Crippen LogP contribution in [-0.2, 0) is 5.60 Å². The van der Waals surface area contributed by atoms with Crippen molar-refractivity contribution >= 4 is 5.69 Å². The molecule has 1 aliphatic heterocycles. The van der Waals surface area contributed by atoms with Crippen LogP contribution in [-0.4, -0.2) is 23.2 Å². The zero-order valence-electron chi connectivity index (χ0n) is 7.33. The topological polar surface area (TPSA) is 71.2 Å². The highest BCUT2D eigenvalue weighted by molar-refractivity contribution is 5.47. The second kappa shape index (κ2) is 2.97. The molecule has 0 aliphatic carbocycles. The van der Waals surface area contributed by atoms with Gasteiger partial charge in [0.05, 0.1) is 11.9 Å². The molecule has 1 saturated heterocycles. The zero-order chi connectivity index (χ0) is 9.31. The number of nitrogens with one attached hydrogen (secondary N) is 1. The summed E-state index contributed by atoms with van der Waals surface area (Å²) in [4.78, 5) is 3.89. The van der Waals surface area contributed by atoms with Gasteiger partial charge in [-0.3, -0.25) is 4.98 Å². The van der Waals surface area contributed by atoms with E-state index in [1.807, 2.05) is 0 Å². The van der Waals surface area contributed by atoms with Crippen molar-refractivity contribution in [2.24, 2.45) is 0 Å². The average Bonchev–Trinajstić information content (AvgIpc) is 2.54. The number of pyridine rings is 1. The fraction of sp³-hybridized carbons (Fsp3) is 0.444. The molecule has 0 aromatic carbocycles. The predicted molar refractivity (Wildman–Crippen MR) is 50.0 cm³/mol. The Balaban J connectivity index is 2.39. The van der Waals surface area contributed by atoms with E-state index in [1.165, 1.54) is 0 Å². The van der Waals surface area contributed by atoms with Crippen molar-refractivity contribution in [2.45, 2.75) is 12.0 Å². The SMILES string of the molecule is Nc1cnccc1C1(O)CCNC1. The number of rotatable bonds is 1. The molecular formula is C9H13N3O. The molecule has 0 spiro atoms. The molecule has 70 valence electrons. The van der Waals surface area contributed by atoms with Crippen LogP contribution in [0.1, 0.15) is 12.0 Å². The number of nitrogens with two attached hydrogens (primary N) is 1. The fourth-order valence-electron chi connectivity index (χ4n) is 1.74. The average molecular weight is 179 g/mol. The monoisotopic (exact) mass is 179 g/mol. The third-order valence-electron chi connectivity index (χ3n) is 2.49. The third-order valence-corrected chi connectivity index (χ3v) is 2.49. The normalized spacial score (nSPS) is 27.8. The van der Waals surface area contributed by atoms with Gasteiger partial charge in [0.1, 0.15) is 5.60 Å². The molecule has 1 unspecified atom stereocenters. The highest BCUT2D eigenvalue weighted by atomic mass is 16.3. The number of nitrogens with zero attached hydrogens (tertiary/aromatic N) is 1.